The number of nitrogens with one attached hydrogen (secondary N) is 1. The monoisotopic (exact) mass is 162 g/mol. The molecule has 1 aromatic heterocycles. The number of aromatic nitrogens is 1. The summed E-state index contributed by atoms with van der Waals surface area (Å²) in [4.78, 5) is 3.12. The fourth-order valence-corrected chi connectivity index (χ4v) is 2.43. The van der Waals surface area contributed by atoms with E-state index in [4.69, 9.17) is 5.73 Å². The highest BCUT2D eigenvalue weighted by Gasteiger charge is 2.64. The van der Waals surface area contributed by atoms with Crippen LogP contribution in [0.3, 0.4) is 0 Å². The van der Waals surface area contributed by atoms with E-state index in [1.54, 1.807) is 0 Å². The molecular weight excluding hydrogens is 148 g/mol. The van der Waals surface area contributed by atoms with Crippen molar-refractivity contribution in [2.75, 3.05) is 0 Å². The fourth-order valence-electron chi connectivity index (χ4n) is 2.43. The van der Waals surface area contributed by atoms with Crippen molar-refractivity contribution in [1.29, 1.82) is 0 Å². The van der Waals surface area contributed by atoms with Crippen LogP contribution >= 0.6 is 0 Å². The Labute approximate surface area is 72.2 Å². The molecule has 2 saturated carbocycles. The van der Waals surface area contributed by atoms with E-state index in [2.05, 4.69) is 17.2 Å². The molecule has 0 amide bonds. The molecule has 2 aliphatic carbocycles. The van der Waals surface area contributed by atoms with E-state index in [1.807, 2.05) is 6.20 Å². The van der Waals surface area contributed by atoms with Gasteiger partial charge in [0.1, 0.15) is 0 Å². The summed E-state index contributed by atoms with van der Waals surface area (Å²) in [5.41, 5.74) is 8.23. The summed E-state index contributed by atoms with van der Waals surface area (Å²) in [6, 6.07) is 2.18. The van der Waals surface area contributed by atoms with Gasteiger partial charge in [-0.05, 0) is 37.3 Å². The highest BCUT2D eigenvalue weighted by molar-refractivity contribution is 5.39. The first-order valence-corrected chi connectivity index (χ1v) is 4.69. The van der Waals surface area contributed by atoms with Crippen LogP contribution in [0.25, 0.3) is 0 Å². The lowest BCUT2D eigenvalue weighted by Crippen LogP contribution is -2.36. The Bertz CT molecular complexity index is 292. The van der Waals surface area contributed by atoms with E-state index in [-0.39, 0.29) is 5.54 Å². The van der Waals surface area contributed by atoms with Gasteiger partial charge in [0.15, 0.2) is 0 Å². The van der Waals surface area contributed by atoms with Crippen LogP contribution in [-0.4, -0.2) is 10.5 Å². The molecule has 3 N–H and O–H groups in total. The average molecular weight is 162 g/mol. The van der Waals surface area contributed by atoms with Gasteiger partial charge >= 0.3 is 0 Å². The van der Waals surface area contributed by atoms with E-state index in [9.17, 15) is 0 Å². The van der Waals surface area contributed by atoms with Crippen LogP contribution in [0.1, 0.15) is 31.2 Å². The minimum absolute atomic E-state index is 0.162. The highest BCUT2D eigenvalue weighted by atomic mass is 14.9. The zero-order valence-corrected chi connectivity index (χ0v) is 7.14. The van der Waals surface area contributed by atoms with Gasteiger partial charge in [0.25, 0.3) is 0 Å². The molecule has 3 rings (SSSR count). The Kier molecular flexibility index (Phi) is 0.990. The van der Waals surface area contributed by atoms with Crippen molar-refractivity contribution in [2.45, 2.75) is 36.6 Å². The molecule has 2 nitrogen and oxygen atoms in total. The van der Waals surface area contributed by atoms with Gasteiger partial charge in [0.2, 0.25) is 0 Å². The first-order valence-electron chi connectivity index (χ1n) is 4.69. The number of hydrogen-bond donors (Lipinski definition) is 2. The average Bonchev–Trinajstić information content (AvgIpc) is 2.96. The molecular formula is C10H14N2. The first kappa shape index (κ1) is 6.72. The van der Waals surface area contributed by atoms with Crippen LogP contribution in [0.5, 0.6) is 0 Å². The Morgan fingerprint density at radius 2 is 2.00 bits per heavy atom. The second-order valence-corrected chi connectivity index (χ2v) is 4.34. The number of rotatable bonds is 2. The summed E-state index contributed by atoms with van der Waals surface area (Å²) in [5.74, 6) is 0. The molecule has 0 spiro atoms. The van der Waals surface area contributed by atoms with Crippen molar-refractivity contribution in [3.8, 4) is 0 Å². The normalized spacial score (nSPS) is 28.4. The third-order valence-electron chi connectivity index (χ3n) is 3.64. The second kappa shape index (κ2) is 1.77. The Morgan fingerprint density at radius 1 is 1.25 bits per heavy atom. The predicted molar refractivity (Wildman–Crippen MR) is 47.9 cm³/mol. The maximum absolute atomic E-state index is 6.26. The molecule has 1 aromatic rings. The van der Waals surface area contributed by atoms with Gasteiger partial charge in [-0.25, -0.2) is 0 Å². The van der Waals surface area contributed by atoms with Crippen molar-refractivity contribution in [1.82, 2.24) is 4.98 Å². The first-order chi connectivity index (χ1) is 5.77. The predicted octanol–water partition coefficient (Wildman–Crippen LogP) is 1.54. The molecule has 1 heterocycles. The summed E-state index contributed by atoms with van der Waals surface area (Å²) >= 11 is 0. The maximum atomic E-state index is 6.26. The van der Waals surface area contributed by atoms with Crippen molar-refractivity contribution >= 4 is 0 Å². The van der Waals surface area contributed by atoms with Gasteiger partial charge in [-0.3, -0.25) is 0 Å². The Balaban J connectivity index is 2.02. The molecule has 12 heavy (non-hydrogen) atoms. The quantitative estimate of drug-likeness (QED) is 0.680. The summed E-state index contributed by atoms with van der Waals surface area (Å²) in [7, 11) is 0. The number of nitrogens with two attached hydrogens (primary N) is 1. The molecule has 0 aliphatic heterocycles. The maximum Gasteiger partial charge on any atom is 0.0254 e. The lowest BCUT2D eigenvalue weighted by Gasteiger charge is -2.21. The van der Waals surface area contributed by atoms with Crippen molar-refractivity contribution < 1.29 is 0 Å². The molecule has 64 valence electrons. The summed E-state index contributed by atoms with van der Waals surface area (Å²) in [6.45, 7) is 0. The number of aromatic amines is 1. The Morgan fingerprint density at radius 3 is 2.42 bits per heavy atom. The zero-order chi connectivity index (χ0) is 8.23. The molecule has 2 fully saturated rings. The summed E-state index contributed by atoms with van der Waals surface area (Å²) < 4.78 is 0. The third-order valence-corrected chi connectivity index (χ3v) is 3.64. The van der Waals surface area contributed by atoms with Crippen LogP contribution in [0.4, 0.5) is 0 Å². The van der Waals surface area contributed by atoms with Crippen molar-refractivity contribution in [2.24, 2.45) is 5.73 Å². The third kappa shape index (κ3) is 0.643. The topological polar surface area (TPSA) is 41.8 Å². The van der Waals surface area contributed by atoms with Gasteiger partial charge in [0, 0.05) is 23.3 Å². The number of H-pyrrole nitrogens is 1. The van der Waals surface area contributed by atoms with Crippen LogP contribution in [0.2, 0.25) is 0 Å². The molecule has 0 radical (unpaired) electrons. The van der Waals surface area contributed by atoms with E-state index in [1.165, 1.54) is 31.2 Å². The zero-order valence-electron chi connectivity index (χ0n) is 7.14. The van der Waals surface area contributed by atoms with Crippen LogP contribution < -0.4 is 5.73 Å². The van der Waals surface area contributed by atoms with Crippen LogP contribution in [-0.2, 0) is 5.41 Å². The van der Waals surface area contributed by atoms with Gasteiger partial charge < -0.3 is 10.7 Å². The van der Waals surface area contributed by atoms with Gasteiger partial charge in [-0.1, -0.05) is 0 Å². The van der Waals surface area contributed by atoms with Gasteiger partial charge in [-0.15, -0.1) is 0 Å². The molecule has 0 unspecified atom stereocenters. The molecule has 0 bridgehead atoms. The lowest BCUT2D eigenvalue weighted by molar-refractivity contribution is 0.504. The Hall–Kier alpha value is -0.760. The minimum atomic E-state index is 0.162. The largest absolute Gasteiger partial charge is 0.367 e. The molecule has 0 aromatic carbocycles. The smallest absolute Gasteiger partial charge is 0.0254 e. The minimum Gasteiger partial charge on any atom is -0.367 e. The standard InChI is InChI=1S/C10H14N2/c11-10(4-5-10)9(2-3-9)8-1-6-12-7-8/h1,6-7,12H,2-5,11H2. The van der Waals surface area contributed by atoms with Crippen molar-refractivity contribution in [3.63, 3.8) is 0 Å². The fraction of sp³-hybridized carbons (Fsp3) is 0.600. The van der Waals surface area contributed by atoms with Crippen LogP contribution in [0.15, 0.2) is 18.5 Å². The summed E-state index contributed by atoms with van der Waals surface area (Å²) in [5, 5.41) is 0. The van der Waals surface area contributed by atoms with Crippen molar-refractivity contribution in [3.05, 3.63) is 24.0 Å². The van der Waals surface area contributed by atoms with Gasteiger partial charge in [0.05, 0.1) is 0 Å². The van der Waals surface area contributed by atoms with Gasteiger partial charge in [-0.2, -0.15) is 0 Å². The SMILES string of the molecule is NC1(C2(c3cc[nH]c3)CC2)CC1. The molecule has 0 atom stereocenters. The molecule has 0 saturated heterocycles. The second-order valence-electron chi connectivity index (χ2n) is 4.34. The number of hydrogen-bond acceptors (Lipinski definition) is 1. The molecule has 2 heteroatoms. The lowest BCUT2D eigenvalue weighted by atomic mass is 9.88. The van der Waals surface area contributed by atoms with E-state index >= 15 is 0 Å². The van der Waals surface area contributed by atoms with Crippen LogP contribution in [0, 0.1) is 0 Å². The highest BCUT2D eigenvalue weighted by Crippen LogP contribution is 2.63. The van der Waals surface area contributed by atoms with E-state index in [0.29, 0.717) is 5.41 Å². The molecule has 2 aliphatic rings. The van der Waals surface area contributed by atoms with E-state index in [0.717, 1.165) is 0 Å². The van der Waals surface area contributed by atoms with E-state index < -0.39 is 0 Å². The summed E-state index contributed by atoms with van der Waals surface area (Å²) in [6.07, 6.45) is 9.14.